The first-order chi connectivity index (χ1) is 11.5. The zero-order chi connectivity index (χ0) is 17.5. The van der Waals surface area contributed by atoms with Gasteiger partial charge in [-0.3, -0.25) is 4.79 Å². The molecule has 0 saturated heterocycles. The highest BCUT2D eigenvalue weighted by atomic mass is 127. The Morgan fingerprint density at radius 1 is 1.33 bits per heavy atom. The number of hydrogen-bond donors (Lipinski definition) is 3. The maximum atomic E-state index is 11.8. The number of ether oxygens (including phenoxy) is 1. The summed E-state index contributed by atoms with van der Waals surface area (Å²) in [7, 11) is 1.48. The second-order valence-corrected chi connectivity index (χ2v) is 6.23. The molecule has 0 unspecified atom stereocenters. The van der Waals surface area contributed by atoms with Crippen LogP contribution < -0.4 is 15.5 Å². The number of benzene rings is 2. The molecule has 2 aromatic carbocycles. The van der Waals surface area contributed by atoms with Crippen LogP contribution in [-0.4, -0.2) is 30.9 Å². The van der Waals surface area contributed by atoms with Crippen LogP contribution in [0.25, 0.3) is 0 Å². The second kappa shape index (κ2) is 8.53. The van der Waals surface area contributed by atoms with E-state index >= 15 is 0 Å². The average molecular weight is 439 g/mol. The van der Waals surface area contributed by atoms with Crippen LogP contribution in [0.2, 0.25) is 0 Å². The fourth-order valence-electron chi connectivity index (χ4n) is 1.90. The van der Waals surface area contributed by atoms with Crippen LogP contribution in [0, 0.1) is 10.5 Å². The molecule has 0 aromatic heterocycles. The Bertz CT molecular complexity index is 745. The van der Waals surface area contributed by atoms with E-state index in [1.54, 1.807) is 12.1 Å². The number of methoxy groups -OCH3 is 1. The van der Waals surface area contributed by atoms with Crippen LogP contribution >= 0.6 is 22.6 Å². The Morgan fingerprint density at radius 2 is 2.04 bits per heavy atom. The van der Waals surface area contributed by atoms with Gasteiger partial charge in [-0.25, -0.2) is 5.43 Å². The maximum absolute atomic E-state index is 11.8. The number of carbonyl (C=O) groups excluding carboxylic acids is 1. The van der Waals surface area contributed by atoms with Crippen molar-refractivity contribution in [3.05, 3.63) is 51.1 Å². The minimum atomic E-state index is -0.257. The molecule has 0 aliphatic carbocycles. The molecular weight excluding hydrogens is 421 g/mol. The number of phenols is 1. The summed E-state index contributed by atoms with van der Waals surface area (Å²) < 4.78 is 5.72. The molecule has 6 nitrogen and oxygen atoms in total. The normalized spacial score (nSPS) is 10.6. The SMILES string of the molecule is COc1cc(/C=N\NC(=O)CNc2ccc(C)cc2)cc(I)c1O. The van der Waals surface area contributed by atoms with E-state index in [1.165, 1.54) is 13.3 Å². The topological polar surface area (TPSA) is 83.0 Å². The van der Waals surface area contributed by atoms with Crippen molar-refractivity contribution in [2.75, 3.05) is 19.0 Å². The summed E-state index contributed by atoms with van der Waals surface area (Å²) in [5, 5.41) is 16.7. The van der Waals surface area contributed by atoms with Gasteiger partial charge in [0, 0.05) is 5.69 Å². The van der Waals surface area contributed by atoms with Gasteiger partial charge in [0.1, 0.15) is 0 Å². The summed E-state index contributed by atoms with van der Waals surface area (Å²) in [6, 6.07) is 11.1. The van der Waals surface area contributed by atoms with Crippen molar-refractivity contribution in [2.45, 2.75) is 6.92 Å². The molecule has 0 saturated carbocycles. The zero-order valence-corrected chi connectivity index (χ0v) is 15.5. The lowest BCUT2D eigenvalue weighted by Crippen LogP contribution is -2.25. The smallest absolute Gasteiger partial charge is 0.259 e. The zero-order valence-electron chi connectivity index (χ0n) is 13.3. The van der Waals surface area contributed by atoms with E-state index in [0.717, 1.165) is 11.3 Å². The molecule has 0 spiro atoms. The van der Waals surface area contributed by atoms with E-state index in [-0.39, 0.29) is 18.2 Å². The molecule has 24 heavy (non-hydrogen) atoms. The Morgan fingerprint density at radius 3 is 2.71 bits per heavy atom. The number of anilines is 1. The van der Waals surface area contributed by atoms with Gasteiger partial charge in [-0.15, -0.1) is 0 Å². The van der Waals surface area contributed by atoms with E-state index in [9.17, 15) is 9.90 Å². The monoisotopic (exact) mass is 439 g/mol. The van der Waals surface area contributed by atoms with Crippen molar-refractivity contribution in [3.63, 3.8) is 0 Å². The molecule has 0 radical (unpaired) electrons. The third kappa shape index (κ3) is 5.12. The predicted octanol–water partition coefficient (Wildman–Crippen LogP) is 2.88. The molecule has 0 fully saturated rings. The number of aromatic hydroxyl groups is 1. The number of halogens is 1. The molecule has 0 aliphatic rings. The van der Waals surface area contributed by atoms with Gasteiger partial charge in [-0.1, -0.05) is 17.7 Å². The van der Waals surface area contributed by atoms with Gasteiger partial charge < -0.3 is 15.2 Å². The summed E-state index contributed by atoms with van der Waals surface area (Å²) in [6.45, 7) is 2.13. The standard InChI is InChI=1S/C17H18IN3O3/c1-11-3-5-13(6-4-11)19-10-16(22)21-20-9-12-7-14(18)17(23)15(8-12)24-2/h3-9,19,23H,10H2,1-2H3,(H,21,22)/b20-9-. The first-order valence-electron chi connectivity index (χ1n) is 7.18. The number of hydrogen-bond acceptors (Lipinski definition) is 5. The fourth-order valence-corrected chi connectivity index (χ4v) is 2.52. The van der Waals surface area contributed by atoms with Crippen LogP contribution in [0.5, 0.6) is 11.5 Å². The van der Waals surface area contributed by atoms with E-state index in [2.05, 4.69) is 15.8 Å². The van der Waals surface area contributed by atoms with E-state index < -0.39 is 0 Å². The quantitative estimate of drug-likeness (QED) is 0.367. The summed E-state index contributed by atoms with van der Waals surface area (Å²) in [4.78, 5) is 11.8. The van der Waals surface area contributed by atoms with Gasteiger partial charge in [0.05, 0.1) is 23.4 Å². The van der Waals surface area contributed by atoms with E-state index in [4.69, 9.17) is 4.74 Å². The molecule has 0 bridgehead atoms. The number of carbonyl (C=O) groups is 1. The summed E-state index contributed by atoms with van der Waals surface area (Å²) in [5.41, 5.74) is 5.19. The Hall–Kier alpha value is -2.29. The number of nitrogens with zero attached hydrogens (tertiary/aromatic N) is 1. The number of rotatable bonds is 6. The molecule has 1 amide bonds. The summed E-state index contributed by atoms with van der Waals surface area (Å²) in [5.74, 6) is 0.185. The fraction of sp³-hybridized carbons (Fsp3) is 0.176. The minimum Gasteiger partial charge on any atom is -0.504 e. The first kappa shape index (κ1) is 18.1. The molecule has 0 heterocycles. The van der Waals surface area contributed by atoms with Crippen LogP contribution in [0.3, 0.4) is 0 Å². The highest BCUT2D eigenvalue weighted by Gasteiger charge is 2.07. The third-order valence-electron chi connectivity index (χ3n) is 3.18. The number of hydrazone groups is 1. The lowest BCUT2D eigenvalue weighted by Gasteiger charge is -2.07. The van der Waals surface area contributed by atoms with Crippen LogP contribution in [0.4, 0.5) is 5.69 Å². The lowest BCUT2D eigenvalue weighted by molar-refractivity contribution is -0.119. The third-order valence-corrected chi connectivity index (χ3v) is 4.00. The molecule has 7 heteroatoms. The molecule has 3 N–H and O–H groups in total. The van der Waals surface area contributed by atoms with Gasteiger partial charge in [-0.2, -0.15) is 5.10 Å². The molecular formula is C17H18IN3O3. The van der Waals surface area contributed by atoms with Crippen molar-refractivity contribution in [2.24, 2.45) is 5.10 Å². The van der Waals surface area contributed by atoms with E-state index in [1.807, 2.05) is 53.8 Å². The number of amides is 1. The van der Waals surface area contributed by atoms with Gasteiger partial charge in [0.2, 0.25) is 0 Å². The van der Waals surface area contributed by atoms with Crippen molar-refractivity contribution >= 4 is 40.4 Å². The van der Waals surface area contributed by atoms with Gasteiger partial charge in [-0.05, 0) is 59.3 Å². The minimum absolute atomic E-state index is 0.0848. The molecule has 0 aliphatic heterocycles. The number of phenolic OH excluding ortho intramolecular Hbond substituents is 1. The molecule has 0 atom stereocenters. The number of aryl methyl sites for hydroxylation is 1. The van der Waals surface area contributed by atoms with Crippen molar-refractivity contribution in [3.8, 4) is 11.5 Å². The van der Waals surface area contributed by atoms with Gasteiger partial charge in [0.25, 0.3) is 5.91 Å². The maximum Gasteiger partial charge on any atom is 0.259 e. The van der Waals surface area contributed by atoms with Crippen LogP contribution in [-0.2, 0) is 4.79 Å². The average Bonchev–Trinajstić information content (AvgIpc) is 2.57. The molecule has 126 valence electrons. The highest BCUT2D eigenvalue weighted by Crippen LogP contribution is 2.31. The summed E-state index contributed by atoms with van der Waals surface area (Å²) in [6.07, 6.45) is 1.49. The molecule has 2 aromatic rings. The Labute approximate surface area is 154 Å². The largest absolute Gasteiger partial charge is 0.504 e. The van der Waals surface area contributed by atoms with Crippen molar-refractivity contribution < 1.29 is 14.6 Å². The molecule has 2 rings (SSSR count). The van der Waals surface area contributed by atoms with Gasteiger partial charge >= 0.3 is 0 Å². The van der Waals surface area contributed by atoms with Crippen LogP contribution in [0.1, 0.15) is 11.1 Å². The Balaban J connectivity index is 1.88. The predicted molar refractivity (Wildman–Crippen MR) is 103 cm³/mol. The highest BCUT2D eigenvalue weighted by molar-refractivity contribution is 14.1. The van der Waals surface area contributed by atoms with Gasteiger partial charge in [0.15, 0.2) is 11.5 Å². The van der Waals surface area contributed by atoms with Crippen LogP contribution in [0.15, 0.2) is 41.5 Å². The van der Waals surface area contributed by atoms with Crippen molar-refractivity contribution in [1.29, 1.82) is 0 Å². The van der Waals surface area contributed by atoms with E-state index in [0.29, 0.717) is 14.9 Å². The first-order valence-corrected chi connectivity index (χ1v) is 8.26. The summed E-state index contributed by atoms with van der Waals surface area (Å²) >= 11 is 2.00. The number of nitrogens with one attached hydrogen (secondary N) is 2. The Kier molecular flexibility index (Phi) is 6.42. The van der Waals surface area contributed by atoms with Crippen molar-refractivity contribution in [1.82, 2.24) is 5.43 Å². The second-order valence-electron chi connectivity index (χ2n) is 5.07. The lowest BCUT2D eigenvalue weighted by atomic mass is 10.2.